The van der Waals surface area contributed by atoms with E-state index < -0.39 is 0 Å². The number of hydrogen-bond acceptors (Lipinski definition) is 3. The summed E-state index contributed by atoms with van der Waals surface area (Å²) in [5.74, 6) is 0.861. The Kier molecular flexibility index (Phi) is 3.90. The van der Waals surface area contributed by atoms with Crippen LogP contribution in [0.15, 0.2) is 42.5 Å². The molecule has 0 unspecified atom stereocenters. The molecule has 22 heavy (non-hydrogen) atoms. The molecule has 112 valence electrons. The van der Waals surface area contributed by atoms with Gasteiger partial charge in [-0.2, -0.15) is 0 Å². The molecule has 3 rings (SSSR count). The van der Waals surface area contributed by atoms with Crippen molar-refractivity contribution in [2.75, 3.05) is 14.1 Å². The molecule has 0 spiro atoms. The topological polar surface area (TPSA) is 29.0 Å². The van der Waals surface area contributed by atoms with Gasteiger partial charge >= 0.3 is 0 Å². The van der Waals surface area contributed by atoms with Crippen LogP contribution in [0.2, 0.25) is 0 Å². The molecule has 0 aliphatic rings. The molecular weight excluding hydrogens is 270 g/mol. The number of benzene rings is 2. The van der Waals surface area contributed by atoms with Crippen LogP contribution in [0, 0.1) is 13.8 Å². The second-order valence-electron chi connectivity index (χ2n) is 6.05. The zero-order chi connectivity index (χ0) is 15.7. The van der Waals surface area contributed by atoms with Crippen LogP contribution < -0.4 is 0 Å². The lowest BCUT2D eigenvalue weighted by Crippen LogP contribution is -2.14. The monoisotopic (exact) mass is 291 g/mol. The number of fused-ring (bicyclic) bond motifs is 1. The van der Waals surface area contributed by atoms with Gasteiger partial charge in [0.1, 0.15) is 5.82 Å². The number of hydrogen-bond donors (Lipinski definition) is 0. The predicted octanol–water partition coefficient (Wildman–Crippen LogP) is 3.98. The molecule has 2 aromatic carbocycles. The van der Waals surface area contributed by atoms with E-state index >= 15 is 0 Å². The van der Waals surface area contributed by atoms with Crippen molar-refractivity contribution in [3.05, 3.63) is 59.4 Å². The van der Waals surface area contributed by atoms with E-state index in [1.54, 1.807) is 0 Å². The van der Waals surface area contributed by atoms with Crippen molar-refractivity contribution in [2.45, 2.75) is 20.4 Å². The molecule has 0 amide bonds. The van der Waals surface area contributed by atoms with Crippen molar-refractivity contribution in [1.29, 1.82) is 0 Å². The summed E-state index contributed by atoms with van der Waals surface area (Å²) < 4.78 is 0. The Morgan fingerprint density at radius 2 is 1.59 bits per heavy atom. The zero-order valence-electron chi connectivity index (χ0n) is 13.6. The van der Waals surface area contributed by atoms with Crippen LogP contribution in [0.4, 0.5) is 0 Å². The summed E-state index contributed by atoms with van der Waals surface area (Å²) in [4.78, 5) is 11.7. The van der Waals surface area contributed by atoms with Crippen LogP contribution in [0.5, 0.6) is 0 Å². The average molecular weight is 291 g/mol. The highest BCUT2D eigenvalue weighted by Gasteiger charge is 2.11. The van der Waals surface area contributed by atoms with E-state index in [9.17, 15) is 0 Å². The van der Waals surface area contributed by atoms with Gasteiger partial charge in [-0.25, -0.2) is 9.97 Å². The third kappa shape index (κ3) is 2.85. The lowest BCUT2D eigenvalue weighted by Gasteiger charge is -2.13. The highest BCUT2D eigenvalue weighted by atomic mass is 15.1. The molecule has 0 N–H and O–H groups in total. The standard InChI is InChI=1S/C19H21N3/c1-13-10-16-17(11-14(13)2)20-18(12-22(3)4)21-19(16)15-8-6-5-7-9-15/h5-11H,12H2,1-4H3. The number of aromatic nitrogens is 2. The number of nitrogens with zero attached hydrogens (tertiary/aromatic N) is 3. The van der Waals surface area contributed by atoms with E-state index in [0.29, 0.717) is 0 Å². The van der Waals surface area contributed by atoms with E-state index in [1.165, 1.54) is 11.1 Å². The first kappa shape index (κ1) is 14.7. The summed E-state index contributed by atoms with van der Waals surface area (Å²) in [5.41, 5.74) is 5.71. The predicted molar refractivity (Wildman–Crippen MR) is 91.8 cm³/mol. The first-order chi connectivity index (χ1) is 10.5. The van der Waals surface area contributed by atoms with Crippen LogP contribution in [-0.4, -0.2) is 29.0 Å². The maximum absolute atomic E-state index is 4.83. The Balaban J connectivity index is 2.29. The van der Waals surface area contributed by atoms with Crippen molar-refractivity contribution in [3.8, 4) is 11.3 Å². The lowest BCUT2D eigenvalue weighted by molar-refractivity contribution is 0.391. The van der Waals surface area contributed by atoms with Gasteiger partial charge in [0.05, 0.1) is 17.8 Å². The minimum atomic E-state index is 0.739. The Bertz CT molecular complexity index is 808. The quantitative estimate of drug-likeness (QED) is 0.731. The summed E-state index contributed by atoms with van der Waals surface area (Å²) in [7, 11) is 4.08. The molecule has 3 nitrogen and oxygen atoms in total. The Morgan fingerprint density at radius 1 is 0.909 bits per heavy atom. The maximum atomic E-state index is 4.83. The van der Waals surface area contributed by atoms with Crippen LogP contribution in [-0.2, 0) is 6.54 Å². The maximum Gasteiger partial charge on any atom is 0.143 e. The van der Waals surface area contributed by atoms with E-state index in [1.807, 2.05) is 20.2 Å². The van der Waals surface area contributed by atoms with Crippen molar-refractivity contribution < 1.29 is 0 Å². The smallest absolute Gasteiger partial charge is 0.143 e. The normalized spacial score (nSPS) is 11.3. The Morgan fingerprint density at radius 3 is 2.27 bits per heavy atom. The first-order valence-electron chi connectivity index (χ1n) is 7.52. The molecule has 0 aliphatic heterocycles. The molecule has 0 aliphatic carbocycles. The largest absolute Gasteiger partial charge is 0.302 e. The van der Waals surface area contributed by atoms with E-state index in [0.717, 1.165) is 34.5 Å². The highest BCUT2D eigenvalue weighted by molar-refractivity contribution is 5.93. The molecule has 0 saturated carbocycles. The second-order valence-corrected chi connectivity index (χ2v) is 6.05. The third-order valence-electron chi connectivity index (χ3n) is 3.86. The van der Waals surface area contributed by atoms with Crippen LogP contribution in [0.25, 0.3) is 22.2 Å². The van der Waals surface area contributed by atoms with Gasteiger partial charge in [-0.3, -0.25) is 0 Å². The summed E-state index contributed by atoms with van der Waals surface area (Å²) >= 11 is 0. The van der Waals surface area contributed by atoms with Gasteiger partial charge < -0.3 is 4.90 Å². The molecule has 0 fully saturated rings. The molecule has 3 heteroatoms. The van der Waals surface area contributed by atoms with Gasteiger partial charge in [-0.1, -0.05) is 30.3 Å². The number of rotatable bonds is 3. The highest BCUT2D eigenvalue weighted by Crippen LogP contribution is 2.28. The van der Waals surface area contributed by atoms with Crippen molar-refractivity contribution in [3.63, 3.8) is 0 Å². The SMILES string of the molecule is Cc1cc2nc(CN(C)C)nc(-c3ccccc3)c2cc1C. The summed E-state index contributed by atoms with van der Waals surface area (Å²) in [6.45, 7) is 5.00. The molecule has 0 atom stereocenters. The molecule has 0 radical (unpaired) electrons. The minimum Gasteiger partial charge on any atom is -0.302 e. The van der Waals surface area contributed by atoms with Gasteiger partial charge in [-0.05, 0) is 51.2 Å². The van der Waals surface area contributed by atoms with Crippen molar-refractivity contribution >= 4 is 10.9 Å². The lowest BCUT2D eigenvalue weighted by atomic mass is 10.0. The fourth-order valence-electron chi connectivity index (χ4n) is 2.61. The van der Waals surface area contributed by atoms with Crippen molar-refractivity contribution in [1.82, 2.24) is 14.9 Å². The zero-order valence-corrected chi connectivity index (χ0v) is 13.6. The average Bonchev–Trinajstić information content (AvgIpc) is 2.48. The van der Waals surface area contributed by atoms with Gasteiger partial charge in [0.25, 0.3) is 0 Å². The second kappa shape index (κ2) is 5.85. The summed E-state index contributed by atoms with van der Waals surface area (Å²) in [5, 5.41) is 1.12. The van der Waals surface area contributed by atoms with E-state index in [2.05, 4.69) is 55.1 Å². The van der Waals surface area contributed by atoms with Gasteiger partial charge in [0, 0.05) is 10.9 Å². The molecule has 0 bridgehead atoms. The summed E-state index contributed by atoms with van der Waals surface area (Å²) in [6, 6.07) is 14.7. The molecule has 1 heterocycles. The van der Waals surface area contributed by atoms with Gasteiger partial charge in [0.2, 0.25) is 0 Å². The number of aryl methyl sites for hydroxylation is 2. The Hall–Kier alpha value is -2.26. The Labute approximate surface area is 131 Å². The van der Waals surface area contributed by atoms with Gasteiger partial charge in [0.15, 0.2) is 0 Å². The third-order valence-corrected chi connectivity index (χ3v) is 3.86. The molecule has 3 aromatic rings. The molecule has 1 aromatic heterocycles. The van der Waals surface area contributed by atoms with Crippen LogP contribution in [0.1, 0.15) is 17.0 Å². The molecule has 0 saturated heterocycles. The minimum absolute atomic E-state index is 0.739. The van der Waals surface area contributed by atoms with Crippen LogP contribution >= 0.6 is 0 Å². The summed E-state index contributed by atoms with van der Waals surface area (Å²) in [6.07, 6.45) is 0. The first-order valence-corrected chi connectivity index (χ1v) is 7.52. The van der Waals surface area contributed by atoms with E-state index in [-0.39, 0.29) is 0 Å². The van der Waals surface area contributed by atoms with Crippen LogP contribution in [0.3, 0.4) is 0 Å². The van der Waals surface area contributed by atoms with E-state index in [4.69, 9.17) is 9.97 Å². The fraction of sp³-hybridized carbons (Fsp3) is 0.263. The van der Waals surface area contributed by atoms with Crippen molar-refractivity contribution in [2.24, 2.45) is 0 Å². The fourth-order valence-corrected chi connectivity index (χ4v) is 2.61. The van der Waals surface area contributed by atoms with Gasteiger partial charge in [-0.15, -0.1) is 0 Å². The molecular formula is C19H21N3.